The molecule has 1 aliphatic rings. The molecule has 1 aliphatic heterocycles. The lowest BCUT2D eigenvalue weighted by atomic mass is 10.1. The molecule has 2 rings (SSSR count). The van der Waals surface area contributed by atoms with E-state index >= 15 is 0 Å². The fraction of sp³-hybridized carbons (Fsp3) is 0.500. The van der Waals surface area contributed by atoms with Gasteiger partial charge in [0.1, 0.15) is 5.82 Å². The Balaban J connectivity index is 2.06. The van der Waals surface area contributed by atoms with E-state index in [-0.39, 0.29) is 12.2 Å². The van der Waals surface area contributed by atoms with Gasteiger partial charge in [-0.15, -0.1) is 0 Å². The normalized spacial score (nSPS) is 15.7. The van der Waals surface area contributed by atoms with Crippen LogP contribution in [0.3, 0.4) is 0 Å². The Morgan fingerprint density at radius 1 is 1.28 bits per heavy atom. The van der Waals surface area contributed by atoms with Gasteiger partial charge in [-0.25, -0.2) is 4.39 Å². The van der Waals surface area contributed by atoms with Gasteiger partial charge in [-0.3, -0.25) is 4.79 Å². The van der Waals surface area contributed by atoms with Crippen molar-refractivity contribution >= 4 is 11.7 Å². The van der Waals surface area contributed by atoms with Crippen molar-refractivity contribution in [3.63, 3.8) is 0 Å². The van der Waals surface area contributed by atoms with Crippen LogP contribution in [0.1, 0.15) is 31.2 Å². The van der Waals surface area contributed by atoms with Gasteiger partial charge < -0.3 is 10.0 Å². The number of aliphatic carboxylic acids is 1. The second-order valence-electron chi connectivity index (χ2n) is 4.73. The van der Waals surface area contributed by atoms with Crippen LogP contribution < -0.4 is 4.90 Å². The molecule has 0 aliphatic carbocycles. The number of anilines is 1. The van der Waals surface area contributed by atoms with Gasteiger partial charge in [0.2, 0.25) is 0 Å². The maximum absolute atomic E-state index is 14.0. The van der Waals surface area contributed by atoms with Crippen LogP contribution in [0, 0.1) is 5.82 Å². The van der Waals surface area contributed by atoms with Crippen LogP contribution in [0.4, 0.5) is 10.1 Å². The zero-order chi connectivity index (χ0) is 13.0. The van der Waals surface area contributed by atoms with Gasteiger partial charge in [-0.1, -0.05) is 6.07 Å². The molecule has 0 amide bonds. The minimum absolute atomic E-state index is 0.0441. The van der Waals surface area contributed by atoms with E-state index in [0.717, 1.165) is 31.5 Å². The maximum Gasteiger partial charge on any atom is 0.303 e. The molecule has 1 fully saturated rings. The van der Waals surface area contributed by atoms with Gasteiger partial charge in [-0.2, -0.15) is 0 Å². The molecule has 1 aromatic carbocycles. The van der Waals surface area contributed by atoms with Crippen molar-refractivity contribution in [2.24, 2.45) is 0 Å². The van der Waals surface area contributed by atoms with E-state index in [1.165, 1.54) is 12.5 Å². The van der Waals surface area contributed by atoms with E-state index in [4.69, 9.17) is 5.11 Å². The lowest BCUT2D eigenvalue weighted by Crippen LogP contribution is -2.30. The summed E-state index contributed by atoms with van der Waals surface area (Å²) >= 11 is 0. The predicted octanol–water partition coefficient (Wildman–Crippen LogP) is 2.83. The molecule has 1 saturated heterocycles. The number of carboxylic acids is 1. The summed E-state index contributed by atoms with van der Waals surface area (Å²) in [6.07, 6.45) is 3.87. The van der Waals surface area contributed by atoms with Gasteiger partial charge in [0.15, 0.2) is 0 Å². The van der Waals surface area contributed by atoms with Crippen molar-refractivity contribution in [2.45, 2.75) is 32.1 Å². The average Bonchev–Trinajstić information content (AvgIpc) is 2.37. The van der Waals surface area contributed by atoms with Gasteiger partial charge in [0.25, 0.3) is 0 Å². The molecule has 98 valence electrons. The van der Waals surface area contributed by atoms with Crippen molar-refractivity contribution in [3.05, 3.63) is 29.6 Å². The van der Waals surface area contributed by atoms with Crippen LogP contribution in [0.5, 0.6) is 0 Å². The quantitative estimate of drug-likeness (QED) is 0.894. The monoisotopic (exact) mass is 251 g/mol. The molecule has 1 aromatic rings. The lowest BCUT2D eigenvalue weighted by molar-refractivity contribution is -0.136. The van der Waals surface area contributed by atoms with Crippen LogP contribution in [0.2, 0.25) is 0 Å². The zero-order valence-electron chi connectivity index (χ0n) is 10.4. The van der Waals surface area contributed by atoms with Gasteiger partial charge in [0, 0.05) is 19.5 Å². The van der Waals surface area contributed by atoms with Crippen LogP contribution in [0.15, 0.2) is 18.2 Å². The second kappa shape index (κ2) is 5.85. The molecule has 0 unspecified atom stereocenters. The van der Waals surface area contributed by atoms with E-state index in [0.29, 0.717) is 12.1 Å². The first-order valence-corrected chi connectivity index (χ1v) is 6.42. The summed E-state index contributed by atoms with van der Waals surface area (Å²) in [6.45, 7) is 1.82. The minimum Gasteiger partial charge on any atom is -0.481 e. The number of carbonyl (C=O) groups is 1. The Bertz CT molecular complexity index is 428. The molecular formula is C14H18FNO2. The summed E-state index contributed by atoms with van der Waals surface area (Å²) in [6, 6.07) is 5.07. The third-order valence-electron chi connectivity index (χ3n) is 3.34. The molecule has 0 atom stereocenters. The minimum atomic E-state index is -0.851. The topological polar surface area (TPSA) is 40.5 Å². The molecule has 0 aromatic heterocycles. The fourth-order valence-electron chi connectivity index (χ4n) is 2.35. The number of carboxylic acid groups (broad SMARTS) is 1. The molecule has 3 nitrogen and oxygen atoms in total. The number of benzene rings is 1. The van der Waals surface area contributed by atoms with Crippen LogP contribution >= 0.6 is 0 Å². The smallest absolute Gasteiger partial charge is 0.303 e. The van der Waals surface area contributed by atoms with Crippen molar-refractivity contribution < 1.29 is 14.3 Å². The van der Waals surface area contributed by atoms with E-state index in [1.54, 1.807) is 6.07 Å². The highest BCUT2D eigenvalue weighted by Crippen LogP contribution is 2.24. The molecule has 0 radical (unpaired) electrons. The number of hydrogen-bond donors (Lipinski definition) is 1. The number of piperidine rings is 1. The molecule has 1 N–H and O–H groups in total. The summed E-state index contributed by atoms with van der Waals surface area (Å²) in [7, 11) is 0. The standard InChI is InChI=1S/C14H18FNO2/c15-12-10-11(5-7-14(17)18)4-6-13(12)16-8-2-1-3-9-16/h4,6,10H,1-3,5,7-9H2,(H,17,18). The zero-order valence-corrected chi connectivity index (χ0v) is 10.4. The van der Waals surface area contributed by atoms with Crippen molar-refractivity contribution in [1.82, 2.24) is 0 Å². The summed E-state index contributed by atoms with van der Waals surface area (Å²) in [5.74, 6) is -1.09. The number of nitrogens with zero attached hydrogens (tertiary/aromatic N) is 1. The maximum atomic E-state index is 14.0. The van der Waals surface area contributed by atoms with Crippen LogP contribution in [-0.2, 0) is 11.2 Å². The second-order valence-corrected chi connectivity index (χ2v) is 4.73. The van der Waals surface area contributed by atoms with E-state index < -0.39 is 5.97 Å². The lowest BCUT2D eigenvalue weighted by Gasteiger charge is -2.29. The van der Waals surface area contributed by atoms with E-state index in [2.05, 4.69) is 4.90 Å². The Morgan fingerprint density at radius 2 is 2.00 bits per heavy atom. The molecule has 1 heterocycles. The van der Waals surface area contributed by atoms with E-state index in [9.17, 15) is 9.18 Å². The van der Waals surface area contributed by atoms with Gasteiger partial charge in [-0.05, 0) is 43.4 Å². The third-order valence-corrected chi connectivity index (χ3v) is 3.34. The summed E-state index contributed by atoms with van der Waals surface area (Å²) < 4.78 is 14.0. The van der Waals surface area contributed by atoms with Crippen molar-refractivity contribution in [1.29, 1.82) is 0 Å². The first kappa shape index (κ1) is 12.9. The molecule has 0 spiro atoms. The number of aryl methyl sites for hydroxylation is 1. The SMILES string of the molecule is O=C(O)CCc1ccc(N2CCCCC2)c(F)c1. The molecule has 0 saturated carbocycles. The highest BCUT2D eigenvalue weighted by atomic mass is 19.1. The largest absolute Gasteiger partial charge is 0.481 e. The first-order valence-electron chi connectivity index (χ1n) is 6.42. The Hall–Kier alpha value is -1.58. The number of halogens is 1. The number of rotatable bonds is 4. The highest BCUT2D eigenvalue weighted by Gasteiger charge is 2.15. The highest BCUT2D eigenvalue weighted by molar-refractivity contribution is 5.67. The van der Waals surface area contributed by atoms with E-state index in [1.807, 2.05) is 6.07 Å². The van der Waals surface area contributed by atoms with Crippen molar-refractivity contribution in [3.8, 4) is 0 Å². The van der Waals surface area contributed by atoms with Crippen LogP contribution in [0.25, 0.3) is 0 Å². The summed E-state index contributed by atoms with van der Waals surface area (Å²) in [5.41, 5.74) is 1.39. The average molecular weight is 251 g/mol. The van der Waals surface area contributed by atoms with Gasteiger partial charge >= 0.3 is 5.97 Å². The molecule has 4 heteroatoms. The Labute approximate surface area is 106 Å². The predicted molar refractivity (Wildman–Crippen MR) is 68.4 cm³/mol. The summed E-state index contributed by atoms with van der Waals surface area (Å²) in [5, 5.41) is 8.60. The van der Waals surface area contributed by atoms with Gasteiger partial charge in [0.05, 0.1) is 5.69 Å². The molecule has 0 bridgehead atoms. The molecular weight excluding hydrogens is 233 g/mol. The third kappa shape index (κ3) is 3.22. The van der Waals surface area contributed by atoms with Crippen LogP contribution in [-0.4, -0.2) is 24.2 Å². The van der Waals surface area contributed by atoms with Crippen molar-refractivity contribution in [2.75, 3.05) is 18.0 Å². The first-order chi connectivity index (χ1) is 8.66. The Kier molecular flexibility index (Phi) is 4.18. The molecule has 18 heavy (non-hydrogen) atoms. The Morgan fingerprint density at radius 3 is 2.61 bits per heavy atom. The number of hydrogen-bond acceptors (Lipinski definition) is 2. The summed E-state index contributed by atoms with van der Waals surface area (Å²) in [4.78, 5) is 12.5. The fourth-order valence-corrected chi connectivity index (χ4v) is 2.35.